The minimum Gasteiger partial charge on any atom is -0.316 e. The predicted molar refractivity (Wildman–Crippen MR) is 84.2 cm³/mol. The fourth-order valence-electron chi connectivity index (χ4n) is 1.86. The summed E-state index contributed by atoms with van der Waals surface area (Å²) < 4.78 is 28.6. The van der Waals surface area contributed by atoms with Crippen LogP contribution in [0.5, 0.6) is 0 Å². The van der Waals surface area contributed by atoms with Crippen molar-refractivity contribution in [3.63, 3.8) is 0 Å². The number of hydrogen-bond donors (Lipinski definition) is 2. The Morgan fingerprint density at radius 2 is 2.10 bits per heavy atom. The number of hydrogen-bond acceptors (Lipinski definition) is 5. The molecule has 1 unspecified atom stereocenters. The van der Waals surface area contributed by atoms with Gasteiger partial charge in [-0.3, -0.25) is 4.68 Å². The lowest BCUT2D eigenvalue weighted by atomic mass is 10.3. The van der Waals surface area contributed by atoms with Crippen molar-refractivity contribution >= 4 is 33.5 Å². The van der Waals surface area contributed by atoms with E-state index in [4.69, 9.17) is 0 Å². The van der Waals surface area contributed by atoms with E-state index < -0.39 is 10.0 Å². The van der Waals surface area contributed by atoms with Gasteiger partial charge in [-0.05, 0) is 27.0 Å². The molecule has 2 rings (SSSR count). The second kappa shape index (κ2) is 6.69. The normalized spacial score (nSPS) is 13.1. The van der Waals surface area contributed by atoms with Gasteiger partial charge in [-0.15, -0.1) is 12.4 Å². The highest BCUT2D eigenvalue weighted by Gasteiger charge is 2.17. The molecule has 2 N–H and O–H groups in total. The molecule has 0 bridgehead atoms. The maximum Gasteiger partial charge on any atom is 0.242 e. The van der Waals surface area contributed by atoms with Crippen LogP contribution in [0.4, 0.5) is 0 Å². The van der Waals surface area contributed by atoms with Crippen LogP contribution in [-0.2, 0) is 17.1 Å². The van der Waals surface area contributed by atoms with E-state index in [0.717, 1.165) is 11.1 Å². The molecule has 0 saturated carbocycles. The van der Waals surface area contributed by atoms with Crippen LogP contribution >= 0.6 is 12.4 Å². The van der Waals surface area contributed by atoms with Gasteiger partial charge in [0.15, 0.2) is 5.65 Å². The average Bonchev–Trinajstić information content (AvgIpc) is 2.71. The number of likely N-dealkylation sites (N-methyl/N-ethyl adjacent to an activating group) is 1. The Kier molecular flexibility index (Phi) is 5.68. The average molecular weight is 334 g/mol. The molecule has 2 heterocycles. The number of aromatic nitrogens is 3. The van der Waals surface area contributed by atoms with Crippen LogP contribution < -0.4 is 10.0 Å². The van der Waals surface area contributed by atoms with Gasteiger partial charge in [0, 0.05) is 31.2 Å². The summed E-state index contributed by atoms with van der Waals surface area (Å²) in [7, 11) is 0.0105. The zero-order chi connectivity index (χ0) is 14.9. The Morgan fingerprint density at radius 1 is 1.43 bits per heavy atom. The first-order chi connectivity index (χ1) is 9.35. The van der Waals surface area contributed by atoms with Crippen molar-refractivity contribution in [3.8, 4) is 0 Å². The Hall–Kier alpha value is -1.22. The molecule has 2 aromatic heterocycles. The minimum absolute atomic E-state index is 0. The number of sulfonamides is 1. The van der Waals surface area contributed by atoms with Crippen molar-refractivity contribution in [1.29, 1.82) is 0 Å². The molecule has 0 amide bonds. The summed E-state index contributed by atoms with van der Waals surface area (Å²) in [5.74, 6) is 0. The highest BCUT2D eigenvalue weighted by Crippen LogP contribution is 2.19. The maximum absolute atomic E-state index is 12.2. The van der Waals surface area contributed by atoms with Gasteiger partial charge in [-0.2, -0.15) is 5.10 Å². The zero-order valence-electron chi connectivity index (χ0n) is 12.4. The standard InChI is InChI=1S/C12H19N5O2S.ClH/c1-8(13-3)6-15-20(18,19)10-5-11-9(2)16-17(4)12(11)14-7-10;/h5,7-8,13,15H,6H2,1-4H3;1H. The van der Waals surface area contributed by atoms with Gasteiger partial charge in [-0.25, -0.2) is 18.1 Å². The number of pyridine rings is 1. The summed E-state index contributed by atoms with van der Waals surface area (Å²) in [6, 6.07) is 1.67. The number of aryl methyl sites for hydroxylation is 2. The molecule has 0 aromatic carbocycles. The smallest absolute Gasteiger partial charge is 0.242 e. The number of nitrogens with zero attached hydrogens (tertiary/aromatic N) is 3. The molecule has 0 aliphatic heterocycles. The fourth-order valence-corrected chi connectivity index (χ4v) is 2.96. The Labute approximate surface area is 130 Å². The van der Waals surface area contributed by atoms with Crippen molar-refractivity contribution in [1.82, 2.24) is 24.8 Å². The van der Waals surface area contributed by atoms with Gasteiger partial charge in [0.25, 0.3) is 0 Å². The molecule has 118 valence electrons. The van der Waals surface area contributed by atoms with E-state index in [1.54, 1.807) is 24.8 Å². The maximum atomic E-state index is 12.2. The van der Waals surface area contributed by atoms with E-state index in [1.807, 2.05) is 13.8 Å². The van der Waals surface area contributed by atoms with Gasteiger partial charge < -0.3 is 5.32 Å². The van der Waals surface area contributed by atoms with Crippen LogP contribution in [0, 0.1) is 6.92 Å². The summed E-state index contributed by atoms with van der Waals surface area (Å²) in [6.45, 7) is 4.05. The van der Waals surface area contributed by atoms with Gasteiger partial charge in [-0.1, -0.05) is 0 Å². The molecule has 0 radical (unpaired) electrons. The summed E-state index contributed by atoms with van der Waals surface area (Å²) in [4.78, 5) is 4.34. The lowest BCUT2D eigenvalue weighted by Crippen LogP contribution is -2.37. The SMILES string of the molecule is CNC(C)CNS(=O)(=O)c1cnc2c(c1)c(C)nn2C.Cl. The number of nitrogens with one attached hydrogen (secondary N) is 2. The molecule has 2 aromatic rings. The molecule has 0 aliphatic carbocycles. The highest BCUT2D eigenvalue weighted by atomic mass is 35.5. The second-order valence-corrected chi connectivity index (χ2v) is 6.56. The van der Waals surface area contributed by atoms with E-state index in [2.05, 4.69) is 20.1 Å². The van der Waals surface area contributed by atoms with Crippen LogP contribution in [0.2, 0.25) is 0 Å². The van der Waals surface area contributed by atoms with Crippen molar-refractivity contribution in [2.75, 3.05) is 13.6 Å². The summed E-state index contributed by atoms with van der Waals surface area (Å²) in [6.07, 6.45) is 1.36. The van der Waals surface area contributed by atoms with E-state index >= 15 is 0 Å². The second-order valence-electron chi connectivity index (χ2n) is 4.79. The Balaban J connectivity index is 0.00000220. The minimum atomic E-state index is -3.55. The molecule has 9 heteroatoms. The third kappa shape index (κ3) is 3.70. The van der Waals surface area contributed by atoms with E-state index in [0.29, 0.717) is 12.2 Å². The van der Waals surface area contributed by atoms with Crippen LogP contribution in [0.1, 0.15) is 12.6 Å². The van der Waals surface area contributed by atoms with Gasteiger partial charge in [0.1, 0.15) is 4.90 Å². The van der Waals surface area contributed by atoms with Gasteiger partial charge in [0.05, 0.1) is 5.69 Å². The van der Waals surface area contributed by atoms with Crippen molar-refractivity contribution < 1.29 is 8.42 Å². The quantitative estimate of drug-likeness (QED) is 0.835. The fraction of sp³-hybridized carbons (Fsp3) is 0.500. The number of halogens is 1. The van der Waals surface area contributed by atoms with Crippen molar-refractivity contribution in [2.24, 2.45) is 7.05 Å². The lowest BCUT2D eigenvalue weighted by Gasteiger charge is -2.11. The molecular formula is C12H20ClN5O2S. The number of rotatable bonds is 5. The molecule has 0 spiro atoms. The van der Waals surface area contributed by atoms with E-state index in [9.17, 15) is 8.42 Å². The third-order valence-electron chi connectivity index (χ3n) is 3.22. The van der Waals surface area contributed by atoms with E-state index in [1.165, 1.54) is 6.20 Å². The molecule has 0 aliphatic rings. The van der Waals surface area contributed by atoms with Crippen LogP contribution in [0.25, 0.3) is 11.0 Å². The lowest BCUT2D eigenvalue weighted by molar-refractivity contribution is 0.554. The van der Waals surface area contributed by atoms with Gasteiger partial charge >= 0.3 is 0 Å². The van der Waals surface area contributed by atoms with E-state index in [-0.39, 0.29) is 23.3 Å². The predicted octanol–water partition coefficient (Wildman–Crippen LogP) is 0.585. The highest BCUT2D eigenvalue weighted by molar-refractivity contribution is 7.89. The molecule has 1 atom stereocenters. The third-order valence-corrected chi connectivity index (χ3v) is 4.61. The Morgan fingerprint density at radius 3 is 2.71 bits per heavy atom. The topological polar surface area (TPSA) is 88.9 Å². The monoisotopic (exact) mass is 333 g/mol. The van der Waals surface area contributed by atoms with Crippen LogP contribution in [0.15, 0.2) is 17.2 Å². The first kappa shape index (κ1) is 17.8. The molecule has 0 fully saturated rings. The molecule has 0 saturated heterocycles. The van der Waals surface area contributed by atoms with Crippen molar-refractivity contribution in [3.05, 3.63) is 18.0 Å². The molecule has 21 heavy (non-hydrogen) atoms. The number of fused-ring (bicyclic) bond motifs is 1. The molecule has 7 nitrogen and oxygen atoms in total. The zero-order valence-corrected chi connectivity index (χ0v) is 14.0. The van der Waals surface area contributed by atoms with Crippen LogP contribution in [-0.4, -0.2) is 42.8 Å². The van der Waals surface area contributed by atoms with Crippen LogP contribution in [0.3, 0.4) is 0 Å². The first-order valence-electron chi connectivity index (χ1n) is 6.31. The first-order valence-corrected chi connectivity index (χ1v) is 7.79. The van der Waals surface area contributed by atoms with Crippen molar-refractivity contribution in [2.45, 2.75) is 24.8 Å². The van der Waals surface area contributed by atoms with Gasteiger partial charge in [0.2, 0.25) is 10.0 Å². The largest absolute Gasteiger partial charge is 0.316 e. The summed E-state index contributed by atoms with van der Waals surface area (Å²) >= 11 is 0. The summed E-state index contributed by atoms with van der Waals surface area (Å²) in [5, 5.41) is 7.95. The molecular weight excluding hydrogens is 314 g/mol. The summed E-state index contributed by atoms with van der Waals surface area (Å²) in [5.41, 5.74) is 1.43. The Bertz CT molecular complexity index is 729.